The molecule has 29 heavy (non-hydrogen) atoms. The number of nitrogens with zero attached hydrogens (tertiary/aromatic N) is 6. The zero-order valence-corrected chi connectivity index (χ0v) is 16.3. The van der Waals surface area contributed by atoms with E-state index in [-0.39, 0.29) is 35.8 Å². The Balaban J connectivity index is 1.48. The zero-order valence-electron chi connectivity index (χ0n) is 15.5. The van der Waals surface area contributed by atoms with Gasteiger partial charge in [0.05, 0.1) is 22.5 Å². The van der Waals surface area contributed by atoms with E-state index < -0.39 is 10.0 Å². The van der Waals surface area contributed by atoms with Crippen LogP contribution >= 0.6 is 0 Å². The third kappa shape index (κ3) is 3.63. The smallest absolute Gasteiger partial charge is 0.278 e. The molecular weight excluding hydrogens is 392 g/mol. The van der Waals surface area contributed by atoms with Gasteiger partial charge in [0.1, 0.15) is 11.6 Å². The summed E-state index contributed by atoms with van der Waals surface area (Å²) in [6.45, 7) is 1.64. The average molecular weight is 410 g/mol. The molecule has 1 aromatic heterocycles. The Hall–Kier alpha value is -3.13. The first kappa shape index (κ1) is 19.2. The second-order valence-corrected chi connectivity index (χ2v) is 8.59. The number of hydrogen-bond acceptors (Lipinski definition) is 7. The van der Waals surface area contributed by atoms with Gasteiger partial charge in [-0.15, -0.1) is 5.10 Å². The van der Waals surface area contributed by atoms with E-state index in [0.29, 0.717) is 24.0 Å². The molecule has 1 aliphatic heterocycles. The van der Waals surface area contributed by atoms with Gasteiger partial charge in [-0.3, -0.25) is 9.69 Å². The number of aromatic nitrogens is 3. The summed E-state index contributed by atoms with van der Waals surface area (Å²) < 4.78 is 28.5. The standard InChI is InChI=1S/C19H18N6O3S/c20-13-15-5-1-4-8-18(15)29(27,28)24-11-9-23(10-12-24)14-25-19(26)16-6-2-3-7-17(16)21-22-25/h1-8H,9-12,14H2. The van der Waals surface area contributed by atoms with Crippen LogP contribution in [-0.2, 0) is 16.7 Å². The van der Waals surface area contributed by atoms with Crippen molar-refractivity contribution in [1.29, 1.82) is 5.26 Å². The van der Waals surface area contributed by atoms with E-state index in [1.54, 1.807) is 36.4 Å². The van der Waals surface area contributed by atoms with E-state index >= 15 is 0 Å². The van der Waals surface area contributed by atoms with Crippen molar-refractivity contribution in [2.45, 2.75) is 11.6 Å². The van der Waals surface area contributed by atoms with Gasteiger partial charge in [0.15, 0.2) is 0 Å². The van der Waals surface area contributed by atoms with Gasteiger partial charge in [0.25, 0.3) is 5.56 Å². The molecule has 0 bridgehead atoms. The molecule has 3 aromatic rings. The Labute approximate surface area is 167 Å². The summed E-state index contributed by atoms with van der Waals surface area (Å²) >= 11 is 0. The number of nitriles is 1. The van der Waals surface area contributed by atoms with Crippen LogP contribution in [0.15, 0.2) is 58.2 Å². The van der Waals surface area contributed by atoms with Gasteiger partial charge in [-0.2, -0.15) is 14.2 Å². The van der Waals surface area contributed by atoms with Crippen LogP contribution in [0.5, 0.6) is 0 Å². The molecule has 0 radical (unpaired) electrons. The van der Waals surface area contributed by atoms with Crippen molar-refractivity contribution in [2.24, 2.45) is 0 Å². The zero-order chi connectivity index (χ0) is 20.4. The van der Waals surface area contributed by atoms with Gasteiger partial charge in [-0.25, -0.2) is 8.42 Å². The summed E-state index contributed by atoms with van der Waals surface area (Å²) in [5.41, 5.74) is 0.447. The average Bonchev–Trinajstić information content (AvgIpc) is 2.76. The first-order valence-corrected chi connectivity index (χ1v) is 10.5. The van der Waals surface area contributed by atoms with Gasteiger partial charge in [-0.1, -0.05) is 29.5 Å². The molecule has 9 nitrogen and oxygen atoms in total. The highest BCUT2D eigenvalue weighted by atomic mass is 32.2. The van der Waals surface area contributed by atoms with Crippen molar-refractivity contribution in [3.05, 3.63) is 64.4 Å². The van der Waals surface area contributed by atoms with Crippen LogP contribution < -0.4 is 5.56 Å². The summed E-state index contributed by atoms with van der Waals surface area (Å²) in [4.78, 5) is 14.6. The van der Waals surface area contributed by atoms with Crippen molar-refractivity contribution in [3.63, 3.8) is 0 Å². The topological polar surface area (TPSA) is 112 Å². The maximum absolute atomic E-state index is 12.9. The van der Waals surface area contributed by atoms with Crippen molar-refractivity contribution < 1.29 is 8.42 Å². The summed E-state index contributed by atoms with van der Waals surface area (Å²) in [6, 6.07) is 15.1. The van der Waals surface area contributed by atoms with E-state index in [1.165, 1.54) is 21.1 Å². The van der Waals surface area contributed by atoms with E-state index in [4.69, 9.17) is 0 Å². The van der Waals surface area contributed by atoms with Gasteiger partial charge in [-0.05, 0) is 24.3 Å². The second-order valence-electron chi connectivity index (χ2n) is 6.68. The maximum atomic E-state index is 12.9. The molecule has 2 aromatic carbocycles. The number of fused-ring (bicyclic) bond motifs is 1. The summed E-state index contributed by atoms with van der Waals surface area (Å²) in [7, 11) is -3.75. The van der Waals surface area contributed by atoms with Crippen LogP contribution in [0.25, 0.3) is 10.9 Å². The molecule has 0 unspecified atom stereocenters. The Morgan fingerprint density at radius 2 is 1.69 bits per heavy atom. The minimum atomic E-state index is -3.75. The Kier molecular flexibility index (Phi) is 5.10. The fourth-order valence-electron chi connectivity index (χ4n) is 3.34. The van der Waals surface area contributed by atoms with Gasteiger partial charge >= 0.3 is 0 Å². The third-order valence-electron chi connectivity index (χ3n) is 4.92. The summed E-state index contributed by atoms with van der Waals surface area (Å²) in [6.07, 6.45) is 0. The minimum absolute atomic E-state index is 0.0209. The normalized spacial score (nSPS) is 16.0. The lowest BCUT2D eigenvalue weighted by atomic mass is 10.2. The van der Waals surface area contributed by atoms with Crippen LogP contribution in [-0.4, -0.2) is 58.8 Å². The van der Waals surface area contributed by atoms with Crippen LogP contribution in [0.4, 0.5) is 0 Å². The second kappa shape index (κ2) is 7.71. The van der Waals surface area contributed by atoms with E-state index in [0.717, 1.165) is 0 Å². The van der Waals surface area contributed by atoms with Crippen molar-refractivity contribution >= 4 is 20.9 Å². The lowest BCUT2D eigenvalue weighted by Gasteiger charge is -2.33. The quantitative estimate of drug-likeness (QED) is 0.620. The molecule has 0 amide bonds. The molecule has 148 valence electrons. The maximum Gasteiger partial charge on any atom is 0.278 e. The molecule has 1 fully saturated rings. The monoisotopic (exact) mass is 410 g/mol. The molecule has 1 saturated heterocycles. The fourth-order valence-corrected chi connectivity index (χ4v) is 4.90. The highest BCUT2D eigenvalue weighted by molar-refractivity contribution is 7.89. The first-order chi connectivity index (χ1) is 14.0. The van der Waals surface area contributed by atoms with E-state index in [2.05, 4.69) is 10.3 Å². The molecule has 0 spiro atoms. The van der Waals surface area contributed by atoms with E-state index in [1.807, 2.05) is 11.0 Å². The number of benzene rings is 2. The van der Waals surface area contributed by atoms with Gasteiger partial charge in [0.2, 0.25) is 10.0 Å². The SMILES string of the molecule is N#Cc1ccccc1S(=O)(=O)N1CCN(Cn2nnc3ccccc3c2=O)CC1. The van der Waals surface area contributed by atoms with Gasteiger partial charge in [0, 0.05) is 26.2 Å². The van der Waals surface area contributed by atoms with Gasteiger partial charge < -0.3 is 0 Å². The molecular formula is C19H18N6O3S. The van der Waals surface area contributed by atoms with E-state index in [9.17, 15) is 18.5 Å². The van der Waals surface area contributed by atoms with Crippen LogP contribution in [0.1, 0.15) is 5.56 Å². The van der Waals surface area contributed by atoms with Crippen molar-refractivity contribution in [2.75, 3.05) is 26.2 Å². The number of hydrogen-bond donors (Lipinski definition) is 0. The van der Waals surface area contributed by atoms with Crippen LogP contribution in [0.2, 0.25) is 0 Å². The molecule has 4 rings (SSSR count). The molecule has 1 aliphatic rings. The molecule has 0 aliphatic carbocycles. The fraction of sp³-hybridized carbons (Fsp3) is 0.263. The number of rotatable bonds is 4. The van der Waals surface area contributed by atoms with Crippen LogP contribution in [0, 0.1) is 11.3 Å². The first-order valence-electron chi connectivity index (χ1n) is 9.05. The Morgan fingerprint density at radius 1 is 1.00 bits per heavy atom. The Bertz CT molecular complexity index is 1260. The lowest BCUT2D eigenvalue weighted by Crippen LogP contribution is -2.50. The predicted octanol–water partition coefficient (Wildman–Crippen LogP) is 0.627. The van der Waals surface area contributed by atoms with Crippen molar-refractivity contribution in [3.8, 4) is 6.07 Å². The highest BCUT2D eigenvalue weighted by Crippen LogP contribution is 2.21. The predicted molar refractivity (Wildman–Crippen MR) is 105 cm³/mol. The summed E-state index contributed by atoms with van der Waals surface area (Å²) in [5.74, 6) is 0. The minimum Gasteiger partial charge on any atom is -0.282 e. The molecule has 0 N–H and O–H groups in total. The van der Waals surface area contributed by atoms with Crippen LogP contribution in [0.3, 0.4) is 0 Å². The lowest BCUT2D eigenvalue weighted by molar-refractivity contribution is 0.141. The molecule has 0 saturated carbocycles. The molecule has 10 heteroatoms. The van der Waals surface area contributed by atoms with Crippen molar-refractivity contribution in [1.82, 2.24) is 24.2 Å². The number of sulfonamides is 1. The highest BCUT2D eigenvalue weighted by Gasteiger charge is 2.30. The Morgan fingerprint density at radius 3 is 2.45 bits per heavy atom. The molecule has 2 heterocycles. The third-order valence-corrected chi connectivity index (χ3v) is 6.88. The molecule has 0 atom stereocenters. The summed E-state index contributed by atoms with van der Waals surface area (Å²) in [5, 5.41) is 17.8. The largest absolute Gasteiger partial charge is 0.282 e. The number of piperazine rings is 1.